The number of rotatable bonds is 0. The molecule has 1 heteroatoms. The predicted molar refractivity (Wildman–Crippen MR) is 27.0 cm³/mol. The molecule has 2 atom stereocenters. The maximum atomic E-state index is 5.27. The Kier molecular flexibility index (Phi) is 0.577. The molecule has 2 rings (SSSR count). The molecule has 0 aromatic carbocycles. The molecule has 1 heterocycles. The van der Waals surface area contributed by atoms with E-state index in [0.29, 0.717) is 6.10 Å². The smallest absolute Gasteiger partial charge is 0.0819 e. The predicted octanol–water partition coefficient (Wildman–Crippen LogP) is 0.961. The van der Waals surface area contributed by atoms with Crippen LogP contribution in [-0.2, 0) is 4.74 Å². The van der Waals surface area contributed by atoms with E-state index >= 15 is 0 Å². The third-order valence-corrected chi connectivity index (χ3v) is 1.73. The van der Waals surface area contributed by atoms with Gasteiger partial charge in [0, 0.05) is 12.5 Å². The summed E-state index contributed by atoms with van der Waals surface area (Å²) in [6, 6.07) is 0. The summed E-state index contributed by atoms with van der Waals surface area (Å²) in [6.07, 6.45) is 6.14. The lowest BCUT2D eigenvalue weighted by atomic mass is 9.92. The highest BCUT2D eigenvalue weighted by molar-refractivity contribution is 5.12. The molecule has 1 fully saturated rings. The zero-order valence-corrected chi connectivity index (χ0v) is 4.13. The van der Waals surface area contributed by atoms with Crippen molar-refractivity contribution in [1.29, 1.82) is 0 Å². The minimum absolute atomic E-state index is 0.514. The van der Waals surface area contributed by atoms with Gasteiger partial charge in [-0.2, -0.15) is 0 Å². The quantitative estimate of drug-likeness (QED) is 0.408. The molecule has 0 spiro atoms. The van der Waals surface area contributed by atoms with Crippen LogP contribution in [0.2, 0.25) is 0 Å². The highest BCUT2D eigenvalue weighted by atomic mass is 16.5. The standard InChI is InChI=1S/C6H8O/c1-2-6-5(1)3-4-7-6/h1-2,5-6H,3-4H2. The molecule has 2 aliphatic rings. The Balaban J connectivity index is 2.17. The van der Waals surface area contributed by atoms with Crippen molar-refractivity contribution in [3.05, 3.63) is 12.2 Å². The summed E-state index contributed by atoms with van der Waals surface area (Å²) < 4.78 is 5.27. The summed E-state index contributed by atoms with van der Waals surface area (Å²) in [5.41, 5.74) is 0. The zero-order chi connectivity index (χ0) is 4.69. The van der Waals surface area contributed by atoms with E-state index in [1.807, 2.05) is 0 Å². The average Bonchev–Trinajstić information content (AvgIpc) is 1.85. The van der Waals surface area contributed by atoms with Gasteiger partial charge in [-0.3, -0.25) is 0 Å². The third-order valence-electron chi connectivity index (χ3n) is 1.73. The SMILES string of the molecule is C1=CC2OCCC12. The van der Waals surface area contributed by atoms with E-state index in [1.165, 1.54) is 6.42 Å². The summed E-state index contributed by atoms with van der Waals surface area (Å²) in [4.78, 5) is 0. The van der Waals surface area contributed by atoms with Gasteiger partial charge >= 0.3 is 0 Å². The molecule has 2 unspecified atom stereocenters. The molecule has 1 saturated heterocycles. The van der Waals surface area contributed by atoms with Gasteiger partial charge in [0.2, 0.25) is 0 Å². The molecule has 7 heavy (non-hydrogen) atoms. The van der Waals surface area contributed by atoms with Crippen LogP contribution in [0.4, 0.5) is 0 Å². The lowest BCUT2D eigenvalue weighted by Gasteiger charge is -2.18. The first-order chi connectivity index (χ1) is 3.47. The first kappa shape index (κ1) is 3.67. The molecular formula is C6H8O. The van der Waals surface area contributed by atoms with Crippen molar-refractivity contribution in [3.63, 3.8) is 0 Å². The van der Waals surface area contributed by atoms with Crippen molar-refractivity contribution >= 4 is 0 Å². The van der Waals surface area contributed by atoms with E-state index in [2.05, 4.69) is 12.2 Å². The van der Waals surface area contributed by atoms with Crippen molar-refractivity contribution in [2.45, 2.75) is 12.5 Å². The van der Waals surface area contributed by atoms with Crippen molar-refractivity contribution in [2.75, 3.05) is 6.61 Å². The molecule has 38 valence electrons. The summed E-state index contributed by atoms with van der Waals surface area (Å²) in [6.45, 7) is 0.975. The molecule has 1 nitrogen and oxygen atoms in total. The van der Waals surface area contributed by atoms with Crippen molar-refractivity contribution in [3.8, 4) is 0 Å². The fourth-order valence-electron chi connectivity index (χ4n) is 1.14. The normalized spacial score (nSPS) is 45.7. The van der Waals surface area contributed by atoms with Crippen LogP contribution >= 0.6 is 0 Å². The highest BCUT2D eigenvalue weighted by Crippen LogP contribution is 2.30. The summed E-state index contributed by atoms with van der Waals surface area (Å²) in [5.74, 6) is 0.792. The largest absolute Gasteiger partial charge is 0.374 e. The molecule has 0 aromatic rings. The molecule has 0 radical (unpaired) electrons. The summed E-state index contributed by atoms with van der Waals surface area (Å²) in [7, 11) is 0. The molecular weight excluding hydrogens is 88.1 g/mol. The van der Waals surface area contributed by atoms with E-state index in [4.69, 9.17) is 4.74 Å². The lowest BCUT2D eigenvalue weighted by molar-refractivity contribution is 0.124. The van der Waals surface area contributed by atoms with E-state index in [1.54, 1.807) is 0 Å². The van der Waals surface area contributed by atoms with Gasteiger partial charge in [-0.1, -0.05) is 12.2 Å². The van der Waals surface area contributed by atoms with Gasteiger partial charge in [0.25, 0.3) is 0 Å². The Bertz CT molecular complexity index is 94.7. The molecule has 0 saturated carbocycles. The third kappa shape index (κ3) is 0.361. The second-order valence-corrected chi connectivity index (χ2v) is 2.17. The Hall–Kier alpha value is -0.300. The number of hydrogen-bond acceptors (Lipinski definition) is 1. The number of hydrogen-bond donors (Lipinski definition) is 0. The molecule has 0 N–H and O–H groups in total. The average molecular weight is 96.1 g/mol. The second-order valence-electron chi connectivity index (χ2n) is 2.17. The molecule has 1 aliphatic carbocycles. The van der Waals surface area contributed by atoms with Crippen LogP contribution in [0.25, 0.3) is 0 Å². The maximum absolute atomic E-state index is 5.27. The monoisotopic (exact) mass is 96.1 g/mol. The Labute approximate surface area is 43.0 Å². The minimum Gasteiger partial charge on any atom is -0.374 e. The second kappa shape index (κ2) is 1.10. The van der Waals surface area contributed by atoms with Crippen molar-refractivity contribution in [2.24, 2.45) is 5.92 Å². The van der Waals surface area contributed by atoms with Gasteiger partial charge in [0.05, 0.1) is 6.10 Å². The van der Waals surface area contributed by atoms with E-state index < -0.39 is 0 Å². The van der Waals surface area contributed by atoms with E-state index in [0.717, 1.165) is 12.5 Å². The first-order valence-corrected chi connectivity index (χ1v) is 2.77. The Morgan fingerprint density at radius 3 is 2.71 bits per heavy atom. The lowest BCUT2D eigenvalue weighted by Crippen LogP contribution is -2.18. The highest BCUT2D eigenvalue weighted by Gasteiger charge is 2.29. The molecule has 0 aromatic heterocycles. The van der Waals surface area contributed by atoms with E-state index in [9.17, 15) is 0 Å². The van der Waals surface area contributed by atoms with Gasteiger partial charge in [-0.15, -0.1) is 0 Å². The fourth-order valence-corrected chi connectivity index (χ4v) is 1.14. The molecule has 1 aliphatic heterocycles. The van der Waals surface area contributed by atoms with Crippen LogP contribution in [0.15, 0.2) is 12.2 Å². The van der Waals surface area contributed by atoms with Gasteiger partial charge < -0.3 is 4.74 Å². The Morgan fingerprint density at radius 1 is 1.43 bits per heavy atom. The summed E-state index contributed by atoms with van der Waals surface area (Å²) in [5, 5.41) is 0. The van der Waals surface area contributed by atoms with Crippen LogP contribution in [0.5, 0.6) is 0 Å². The van der Waals surface area contributed by atoms with E-state index in [-0.39, 0.29) is 0 Å². The fraction of sp³-hybridized carbons (Fsp3) is 0.667. The van der Waals surface area contributed by atoms with Gasteiger partial charge in [-0.25, -0.2) is 0 Å². The topological polar surface area (TPSA) is 9.23 Å². The molecule has 0 amide bonds. The van der Waals surface area contributed by atoms with Crippen LogP contribution < -0.4 is 0 Å². The Morgan fingerprint density at radius 2 is 2.43 bits per heavy atom. The van der Waals surface area contributed by atoms with Crippen molar-refractivity contribution in [1.82, 2.24) is 0 Å². The van der Waals surface area contributed by atoms with Gasteiger partial charge in [-0.05, 0) is 6.42 Å². The van der Waals surface area contributed by atoms with Crippen molar-refractivity contribution < 1.29 is 4.74 Å². The van der Waals surface area contributed by atoms with Crippen LogP contribution in [-0.4, -0.2) is 12.7 Å². The van der Waals surface area contributed by atoms with Crippen LogP contribution in [0.3, 0.4) is 0 Å². The van der Waals surface area contributed by atoms with Gasteiger partial charge in [0.1, 0.15) is 0 Å². The van der Waals surface area contributed by atoms with Crippen LogP contribution in [0, 0.1) is 5.92 Å². The van der Waals surface area contributed by atoms with Gasteiger partial charge in [0.15, 0.2) is 0 Å². The zero-order valence-electron chi connectivity index (χ0n) is 4.13. The summed E-state index contributed by atoms with van der Waals surface area (Å²) >= 11 is 0. The number of ether oxygens (including phenoxy) is 1. The first-order valence-electron chi connectivity index (χ1n) is 2.77. The van der Waals surface area contributed by atoms with Crippen LogP contribution in [0.1, 0.15) is 6.42 Å². The maximum Gasteiger partial charge on any atom is 0.0819 e. The number of fused-ring (bicyclic) bond motifs is 1. The minimum atomic E-state index is 0.514. The molecule has 0 bridgehead atoms.